The van der Waals surface area contributed by atoms with Crippen molar-refractivity contribution in [3.63, 3.8) is 0 Å². The topological polar surface area (TPSA) is 23.6 Å². The molecule has 0 N–H and O–H groups in total. The predicted molar refractivity (Wildman–Crippen MR) is 106 cm³/mol. The van der Waals surface area contributed by atoms with E-state index in [0.717, 1.165) is 44.0 Å². The summed E-state index contributed by atoms with van der Waals surface area (Å²) in [7, 11) is 0. The SMILES string of the molecule is CCc1cc(C(=O)N2CCN(C/C=C/c3ccccc3)CC2)sc1C. The average molecular weight is 355 g/mol. The number of amides is 1. The Bertz CT molecular complexity index is 728. The van der Waals surface area contributed by atoms with Gasteiger partial charge in [-0.15, -0.1) is 11.3 Å². The van der Waals surface area contributed by atoms with Gasteiger partial charge in [-0.05, 0) is 30.5 Å². The third kappa shape index (κ3) is 4.59. The fraction of sp³-hybridized carbons (Fsp3) is 0.381. The minimum Gasteiger partial charge on any atom is -0.335 e. The van der Waals surface area contributed by atoms with E-state index in [2.05, 4.69) is 61.2 Å². The normalized spacial score (nSPS) is 15.8. The van der Waals surface area contributed by atoms with E-state index in [1.807, 2.05) is 11.0 Å². The molecule has 0 radical (unpaired) electrons. The van der Waals surface area contributed by atoms with Crippen LogP contribution in [0.4, 0.5) is 0 Å². The van der Waals surface area contributed by atoms with Crippen molar-refractivity contribution in [1.29, 1.82) is 0 Å². The maximum absolute atomic E-state index is 12.7. The summed E-state index contributed by atoms with van der Waals surface area (Å²) < 4.78 is 0. The van der Waals surface area contributed by atoms with Crippen LogP contribution >= 0.6 is 11.3 Å². The van der Waals surface area contributed by atoms with Crippen molar-refractivity contribution in [1.82, 2.24) is 9.80 Å². The van der Waals surface area contributed by atoms with Crippen LogP contribution in [0.15, 0.2) is 42.5 Å². The quantitative estimate of drug-likeness (QED) is 0.807. The maximum atomic E-state index is 12.7. The number of benzene rings is 1. The molecule has 0 aliphatic carbocycles. The molecule has 25 heavy (non-hydrogen) atoms. The summed E-state index contributed by atoms with van der Waals surface area (Å²) in [4.78, 5) is 19.3. The summed E-state index contributed by atoms with van der Waals surface area (Å²) in [6.07, 6.45) is 5.37. The minimum absolute atomic E-state index is 0.201. The lowest BCUT2D eigenvalue weighted by Crippen LogP contribution is -2.48. The second-order valence-corrected chi connectivity index (χ2v) is 7.71. The molecular formula is C21H26N2OS. The van der Waals surface area contributed by atoms with Gasteiger partial charge >= 0.3 is 0 Å². The molecule has 1 aliphatic heterocycles. The zero-order valence-corrected chi connectivity index (χ0v) is 15.9. The van der Waals surface area contributed by atoms with E-state index in [9.17, 15) is 4.79 Å². The lowest BCUT2D eigenvalue weighted by Gasteiger charge is -2.33. The molecule has 1 aromatic carbocycles. The van der Waals surface area contributed by atoms with Crippen molar-refractivity contribution in [3.8, 4) is 0 Å². The molecule has 0 unspecified atom stereocenters. The number of nitrogens with zero attached hydrogens (tertiary/aromatic N) is 2. The largest absolute Gasteiger partial charge is 0.335 e. The van der Waals surface area contributed by atoms with Crippen LogP contribution in [0.2, 0.25) is 0 Å². The van der Waals surface area contributed by atoms with Gasteiger partial charge in [-0.3, -0.25) is 9.69 Å². The zero-order chi connectivity index (χ0) is 17.6. The molecule has 2 heterocycles. The highest BCUT2D eigenvalue weighted by Crippen LogP contribution is 2.23. The molecule has 1 fully saturated rings. The van der Waals surface area contributed by atoms with Crippen molar-refractivity contribution < 1.29 is 4.79 Å². The van der Waals surface area contributed by atoms with Crippen LogP contribution in [0, 0.1) is 6.92 Å². The summed E-state index contributed by atoms with van der Waals surface area (Å²) in [6, 6.07) is 12.4. The molecule has 1 aliphatic rings. The van der Waals surface area contributed by atoms with Gasteiger partial charge in [0.25, 0.3) is 5.91 Å². The summed E-state index contributed by atoms with van der Waals surface area (Å²) in [5, 5.41) is 0. The molecule has 1 aromatic heterocycles. The smallest absolute Gasteiger partial charge is 0.264 e. The predicted octanol–water partition coefficient (Wildman–Crippen LogP) is 4.09. The first-order valence-electron chi connectivity index (χ1n) is 9.00. The monoisotopic (exact) mass is 354 g/mol. The Morgan fingerprint density at radius 1 is 1.16 bits per heavy atom. The van der Waals surface area contributed by atoms with Gasteiger partial charge in [-0.25, -0.2) is 0 Å². The average Bonchev–Trinajstić information content (AvgIpc) is 3.03. The highest BCUT2D eigenvalue weighted by Gasteiger charge is 2.23. The second kappa shape index (κ2) is 8.45. The van der Waals surface area contributed by atoms with Crippen LogP contribution in [0.5, 0.6) is 0 Å². The third-order valence-corrected chi connectivity index (χ3v) is 5.83. The fourth-order valence-electron chi connectivity index (χ4n) is 3.17. The molecule has 0 spiro atoms. The van der Waals surface area contributed by atoms with Crippen LogP contribution < -0.4 is 0 Å². The fourth-order valence-corrected chi connectivity index (χ4v) is 4.25. The Hall–Kier alpha value is -1.91. The molecule has 3 nitrogen and oxygen atoms in total. The van der Waals surface area contributed by atoms with E-state index in [0.29, 0.717) is 0 Å². The Balaban J connectivity index is 1.49. The van der Waals surface area contributed by atoms with Gasteiger partial charge in [0.15, 0.2) is 0 Å². The lowest BCUT2D eigenvalue weighted by molar-refractivity contribution is 0.0655. The highest BCUT2D eigenvalue weighted by molar-refractivity contribution is 7.14. The second-order valence-electron chi connectivity index (χ2n) is 6.45. The molecule has 1 amide bonds. The Morgan fingerprint density at radius 3 is 2.52 bits per heavy atom. The van der Waals surface area contributed by atoms with Gasteiger partial charge in [-0.2, -0.15) is 0 Å². The van der Waals surface area contributed by atoms with Crippen LogP contribution in [-0.4, -0.2) is 48.4 Å². The van der Waals surface area contributed by atoms with Crippen LogP contribution in [0.3, 0.4) is 0 Å². The summed E-state index contributed by atoms with van der Waals surface area (Å²) >= 11 is 1.64. The van der Waals surface area contributed by atoms with Crippen molar-refractivity contribution in [2.24, 2.45) is 0 Å². The molecule has 132 valence electrons. The number of carbonyl (C=O) groups is 1. The summed E-state index contributed by atoms with van der Waals surface area (Å²) in [6.45, 7) is 8.70. The van der Waals surface area contributed by atoms with Crippen LogP contribution in [0.1, 0.15) is 32.6 Å². The number of piperazine rings is 1. The van der Waals surface area contributed by atoms with Gasteiger partial charge in [0.2, 0.25) is 0 Å². The number of hydrogen-bond acceptors (Lipinski definition) is 3. The number of aryl methyl sites for hydroxylation is 2. The van der Waals surface area contributed by atoms with Crippen LogP contribution in [0.25, 0.3) is 6.08 Å². The van der Waals surface area contributed by atoms with E-state index >= 15 is 0 Å². The number of carbonyl (C=O) groups excluding carboxylic acids is 1. The van der Waals surface area contributed by atoms with Gasteiger partial charge in [0, 0.05) is 37.6 Å². The van der Waals surface area contributed by atoms with Crippen molar-refractivity contribution in [2.45, 2.75) is 20.3 Å². The lowest BCUT2D eigenvalue weighted by atomic mass is 10.2. The Labute approximate surface area is 154 Å². The van der Waals surface area contributed by atoms with E-state index < -0.39 is 0 Å². The maximum Gasteiger partial charge on any atom is 0.264 e. The van der Waals surface area contributed by atoms with Gasteiger partial charge in [-0.1, -0.05) is 49.4 Å². The van der Waals surface area contributed by atoms with Gasteiger partial charge < -0.3 is 4.90 Å². The van der Waals surface area contributed by atoms with Crippen molar-refractivity contribution >= 4 is 23.3 Å². The molecule has 4 heteroatoms. The molecule has 0 atom stereocenters. The van der Waals surface area contributed by atoms with Crippen molar-refractivity contribution in [2.75, 3.05) is 32.7 Å². The van der Waals surface area contributed by atoms with E-state index in [-0.39, 0.29) is 5.91 Å². The van der Waals surface area contributed by atoms with Crippen LogP contribution in [-0.2, 0) is 6.42 Å². The molecule has 0 saturated carbocycles. The first kappa shape index (κ1) is 17.9. The summed E-state index contributed by atoms with van der Waals surface area (Å²) in [5.74, 6) is 0.201. The van der Waals surface area contributed by atoms with E-state index in [1.165, 1.54) is 16.0 Å². The first-order valence-corrected chi connectivity index (χ1v) is 9.81. The standard InChI is InChI=1S/C21H26N2OS/c1-3-19-16-20(25-17(19)2)21(24)23-14-12-22(13-15-23)11-7-10-18-8-5-4-6-9-18/h4-10,16H,3,11-15H2,1-2H3/b10-7+. The first-order chi connectivity index (χ1) is 12.2. The Kier molecular flexibility index (Phi) is 6.05. The molecule has 1 saturated heterocycles. The number of rotatable bonds is 5. The number of hydrogen-bond donors (Lipinski definition) is 0. The van der Waals surface area contributed by atoms with Gasteiger partial charge in [0.05, 0.1) is 4.88 Å². The van der Waals surface area contributed by atoms with E-state index in [1.54, 1.807) is 11.3 Å². The zero-order valence-electron chi connectivity index (χ0n) is 15.1. The van der Waals surface area contributed by atoms with E-state index in [4.69, 9.17) is 0 Å². The third-order valence-electron chi connectivity index (χ3n) is 4.75. The molecule has 0 bridgehead atoms. The molecule has 3 rings (SSSR count). The van der Waals surface area contributed by atoms with Gasteiger partial charge in [0.1, 0.15) is 0 Å². The minimum atomic E-state index is 0.201. The number of thiophene rings is 1. The highest BCUT2D eigenvalue weighted by atomic mass is 32.1. The Morgan fingerprint density at radius 2 is 1.88 bits per heavy atom. The molecule has 2 aromatic rings. The summed E-state index contributed by atoms with van der Waals surface area (Å²) in [5.41, 5.74) is 2.54. The van der Waals surface area contributed by atoms with Crippen molar-refractivity contribution in [3.05, 3.63) is 63.4 Å². The molecular weight excluding hydrogens is 328 g/mol.